The molecule has 1 aliphatic rings. The third kappa shape index (κ3) is 3.32. The number of aromatic nitrogens is 2. The van der Waals surface area contributed by atoms with E-state index in [-0.39, 0.29) is 0 Å². The minimum Gasteiger partial charge on any atom is -0.316 e. The molecule has 0 amide bonds. The topological polar surface area (TPSA) is 29.9 Å². The van der Waals surface area contributed by atoms with Crippen molar-refractivity contribution in [3.8, 4) is 0 Å². The van der Waals surface area contributed by atoms with Crippen molar-refractivity contribution in [3.05, 3.63) is 16.4 Å². The van der Waals surface area contributed by atoms with E-state index in [1.807, 2.05) is 11.7 Å². The largest absolute Gasteiger partial charge is 0.316 e. The Morgan fingerprint density at radius 2 is 2.05 bits per heavy atom. The van der Waals surface area contributed by atoms with Crippen LogP contribution in [0.4, 0.5) is 0 Å². The molecule has 0 radical (unpaired) electrons. The van der Waals surface area contributed by atoms with Crippen LogP contribution in [0.15, 0.2) is 0 Å². The molecule has 2 unspecified atom stereocenters. The van der Waals surface area contributed by atoms with E-state index in [1.54, 1.807) is 0 Å². The predicted octanol–water partition coefficient (Wildman–Crippen LogP) is 3.20. The zero-order valence-electron chi connectivity index (χ0n) is 12.4. The Morgan fingerprint density at radius 1 is 1.32 bits per heavy atom. The second-order valence-corrected chi connectivity index (χ2v) is 6.07. The van der Waals surface area contributed by atoms with Crippen LogP contribution in [0.25, 0.3) is 0 Å². The molecule has 1 aromatic heterocycles. The second kappa shape index (κ2) is 6.76. The summed E-state index contributed by atoms with van der Waals surface area (Å²) < 4.78 is 1.98. The van der Waals surface area contributed by atoms with Gasteiger partial charge in [0, 0.05) is 7.05 Å². The lowest BCUT2D eigenvalue weighted by Crippen LogP contribution is -2.37. The Labute approximate surface area is 121 Å². The van der Waals surface area contributed by atoms with Crippen molar-refractivity contribution in [1.82, 2.24) is 15.1 Å². The molecular weight excluding hydrogens is 258 g/mol. The quantitative estimate of drug-likeness (QED) is 0.779. The fraction of sp³-hybridized carbons (Fsp3) is 0.800. The highest BCUT2D eigenvalue weighted by Crippen LogP contribution is 2.38. The molecule has 1 N–H and O–H groups in total. The molecule has 2 atom stereocenters. The Morgan fingerprint density at radius 3 is 2.58 bits per heavy atom. The van der Waals surface area contributed by atoms with E-state index in [1.165, 1.54) is 25.0 Å². The maximum Gasteiger partial charge on any atom is 0.0849 e. The molecule has 1 saturated carbocycles. The summed E-state index contributed by atoms with van der Waals surface area (Å²) in [5, 5.41) is 8.95. The second-order valence-electron chi connectivity index (χ2n) is 5.69. The summed E-state index contributed by atoms with van der Waals surface area (Å²) in [7, 11) is 2.02. The molecule has 0 aliphatic heterocycles. The van der Waals surface area contributed by atoms with Crippen LogP contribution in [0, 0.1) is 11.8 Å². The van der Waals surface area contributed by atoms with E-state index in [2.05, 4.69) is 24.3 Å². The average molecular weight is 284 g/mol. The number of halogens is 1. The lowest BCUT2D eigenvalue weighted by molar-refractivity contribution is 0.168. The van der Waals surface area contributed by atoms with E-state index in [4.69, 9.17) is 11.6 Å². The normalized spacial score (nSPS) is 22.5. The first-order valence-corrected chi connectivity index (χ1v) is 7.96. The Kier molecular flexibility index (Phi) is 5.28. The van der Waals surface area contributed by atoms with E-state index < -0.39 is 0 Å². The summed E-state index contributed by atoms with van der Waals surface area (Å²) in [6.07, 6.45) is 5.91. The first-order chi connectivity index (χ1) is 9.17. The molecule has 0 spiro atoms. The highest BCUT2D eigenvalue weighted by atomic mass is 35.5. The monoisotopic (exact) mass is 283 g/mol. The van der Waals surface area contributed by atoms with Crippen LogP contribution in [0.5, 0.6) is 0 Å². The Balaban J connectivity index is 1.92. The van der Waals surface area contributed by atoms with Gasteiger partial charge < -0.3 is 5.32 Å². The maximum absolute atomic E-state index is 6.43. The van der Waals surface area contributed by atoms with Gasteiger partial charge in [-0.2, -0.15) is 5.10 Å². The number of nitrogens with zero attached hydrogens (tertiary/aromatic N) is 2. The summed E-state index contributed by atoms with van der Waals surface area (Å²) >= 11 is 6.43. The van der Waals surface area contributed by atoms with E-state index in [9.17, 15) is 0 Å². The minimum absolute atomic E-state index is 0.780. The first-order valence-electron chi connectivity index (χ1n) is 7.58. The molecule has 0 bridgehead atoms. The molecule has 108 valence electrons. The van der Waals surface area contributed by atoms with Gasteiger partial charge >= 0.3 is 0 Å². The van der Waals surface area contributed by atoms with Crippen LogP contribution in [-0.2, 0) is 19.9 Å². The standard InChI is InChI=1S/C15H26ClN3/c1-4-8-17-10-12-7-6-11(12)9-14-15(16)13(5-2)18-19(14)3/h11-12,17H,4-10H2,1-3H3. The first kappa shape index (κ1) is 14.9. The van der Waals surface area contributed by atoms with Crippen molar-refractivity contribution in [2.24, 2.45) is 18.9 Å². The Hall–Kier alpha value is -0.540. The fourth-order valence-corrected chi connectivity index (χ4v) is 3.30. The highest BCUT2D eigenvalue weighted by molar-refractivity contribution is 6.31. The summed E-state index contributed by atoms with van der Waals surface area (Å²) in [6.45, 7) is 6.62. The van der Waals surface area contributed by atoms with Crippen molar-refractivity contribution in [1.29, 1.82) is 0 Å². The van der Waals surface area contributed by atoms with E-state index in [0.717, 1.165) is 48.5 Å². The molecule has 1 heterocycles. The molecule has 3 nitrogen and oxygen atoms in total. The zero-order valence-corrected chi connectivity index (χ0v) is 13.1. The van der Waals surface area contributed by atoms with Gasteiger partial charge in [0.2, 0.25) is 0 Å². The third-order valence-electron chi connectivity index (χ3n) is 4.37. The van der Waals surface area contributed by atoms with Gasteiger partial charge in [0.25, 0.3) is 0 Å². The molecule has 2 rings (SSSR count). The fourth-order valence-electron chi connectivity index (χ4n) is 2.93. The van der Waals surface area contributed by atoms with Crippen molar-refractivity contribution >= 4 is 11.6 Å². The molecule has 0 aromatic carbocycles. The van der Waals surface area contributed by atoms with Gasteiger partial charge in [-0.05, 0) is 57.0 Å². The number of hydrogen-bond donors (Lipinski definition) is 1. The number of nitrogens with one attached hydrogen (secondary N) is 1. The van der Waals surface area contributed by atoms with E-state index >= 15 is 0 Å². The smallest absolute Gasteiger partial charge is 0.0849 e. The van der Waals surface area contributed by atoms with Gasteiger partial charge in [-0.25, -0.2) is 0 Å². The summed E-state index contributed by atoms with van der Waals surface area (Å²) in [5.74, 6) is 1.60. The van der Waals surface area contributed by atoms with Gasteiger partial charge in [0.05, 0.1) is 16.4 Å². The molecular formula is C15H26ClN3. The average Bonchev–Trinajstić information content (AvgIpc) is 2.65. The molecule has 4 heteroatoms. The van der Waals surface area contributed by atoms with Crippen molar-refractivity contribution in [2.45, 2.75) is 46.0 Å². The van der Waals surface area contributed by atoms with Gasteiger partial charge in [-0.15, -0.1) is 0 Å². The SMILES string of the molecule is CCCNCC1CCC1Cc1c(Cl)c(CC)nn1C. The summed E-state index contributed by atoms with van der Waals surface area (Å²) in [6, 6.07) is 0. The van der Waals surface area contributed by atoms with Crippen molar-refractivity contribution < 1.29 is 0 Å². The maximum atomic E-state index is 6.43. The van der Waals surface area contributed by atoms with Crippen LogP contribution < -0.4 is 5.32 Å². The molecule has 1 aliphatic carbocycles. The predicted molar refractivity (Wildman–Crippen MR) is 80.7 cm³/mol. The van der Waals surface area contributed by atoms with Gasteiger partial charge in [0.1, 0.15) is 0 Å². The van der Waals surface area contributed by atoms with Crippen LogP contribution >= 0.6 is 11.6 Å². The van der Waals surface area contributed by atoms with Crippen molar-refractivity contribution in [3.63, 3.8) is 0 Å². The lowest BCUT2D eigenvalue weighted by Gasteiger charge is -2.37. The van der Waals surface area contributed by atoms with Crippen LogP contribution in [0.2, 0.25) is 5.02 Å². The number of aryl methyl sites for hydroxylation is 2. The highest BCUT2D eigenvalue weighted by Gasteiger charge is 2.32. The van der Waals surface area contributed by atoms with Gasteiger partial charge in [-0.1, -0.05) is 25.4 Å². The van der Waals surface area contributed by atoms with Gasteiger partial charge in [-0.3, -0.25) is 4.68 Å². The van der Waals surface area contributed by atoms with Gasteiger partial charge in [0.15, 0.2) is 0 Å². The molecule has 0 saturated heterocycles. The number of hydrogen-bond acceptors (Lipinski definition) is 2. The number of rotatable bonds is 7. The summed E-state index contributed by atoms with van der Waals surface area (Å²) in [4.78, 5) is 0. The molecule has 1 aromatic rings. The summed E-state index contributed by atoms with van der Waals surface area (Å²) in [5.41, 5.74) is 2.27. The minimum atomic E-state index is 0.780. The van der Waals surface area contributed by atoms with Crippen LogP contribution in [-0.4, -0.2) is 22.9 Å². The Bertz CT molecular complexity index is 414. The van der Waals surface area contributed by atoms with Crippen molar-refractivity contribution in [2.75, 3.05) is 13.1 Å². The van der Waals surface area contributed by atoms with Crippen LogP contribution in [0.3, 0.4) is 0 Å². The molecule has 19 heavy (non-hydrogen) atoms. The molecule has 1 fully saturated rings. The third-order valence-corrected chi connectivity index (χ3v) is 4.80. The zero-order chi connectivity index (χ0) is 13.8. The van der Waals surface area contributed by atoms with Crippen LogP contribution in [0.1, 0.15) is 44.5 Å². The van der Waals surface area contributed by atoms with E-state index in [0.29, 0.717) is 0 Å². The lowest BCUT2D eigenvalue weighted by atomic mass is 9.71.